The van der Waals surface area contributed by atoms with E-state index in [0.717, 1.165) is 11.0 Å². The third-order valence-electron chi connectivity index (χ3n) is 4.11. The second kappa shape index (κ2) is 5.48. The Morgan fingerprint density at radius 3 is 2.33 bits per heavy atom. The Morgan fingerprint density at radius 2 is 1.81 bits per heavy atom. The van der Waals surface area contributed by atoms with E-state index in [1.54, 1.807) is 4.57 Å². The van der Waals surface area contributed by atoms with Gasteiger partial charge in [-0.05, 0) is 27.2 Å². The molecule has 0 radical (unpaired) electrons. The monoisotopic (exact) mass is 293 g/mol. The van der Waals surface area contributed by atoms with Crippen molar-refractivity contribution >= 4 is 11.2 Å². The van der Waals surface area contributed by atoms with Gasteiger partial charge in [0.25, 0.3) is 5.56 Å². The number of fused-ring (bicyclic) bond motifs is 1. The van der Waals surface area contributed by atoms with Gasteiger partial charge in [0.05, 0.1) is 0 Å². The summed E-state index contributed by atoms with van der Waals surface area (Å²) in [6.07, 6.45) is 0.783. The Balaban J connectivity index is 3.02. The van der Waals surface area contributed by atoms with Gasteiger partial charge in [-0.3, -0.25) is 13.9 Å². The summed E-state index contributed by atoms with van der Waals surface area (Å²) < 4.78 is 4.58. The average Bonchev–Trinajstić information content (AvgIpc) is 2.80. The smallest absolute Gasteiger partial charge is 0.328 e. The number of hydrogen-bond donors (Lipinski definition) is 1. The molecule has 21 heavy (non-hydrogen) atoms. The van der Waals surface area contributed by atoms with Crippen LogP contribution in [0.2, 0.25) is 0 Å². The molecule has 0 bridgehead atoms. The number of rotatable bonds is 4. The zero-order chi connectivity index (χ0) is 15.9. The van der Waals surface area contributed by atoms with Crippen molar-refractivity contribution in [2.75, 3.05) is 6.54 Å². The van der Waals surface area contributed by atoms with Gasteiger partial charge in [-0.2, -0.15) is 0 Å². The molecule has 0 amide bonds. The van der Waals surface area contributed by atoms with Crippen molar-refractivity contribution in [2.45, 2.75) is 46.2 Å². The largest absolute Gasteiger partial charge is 0.332 e. The molecule has 2 aromatic rings. The van der Waals surface area contributed by atoms with Crippen molar-refractivity contribution in [3.05, 3.63) is 26.7 Å². The molecular formula is C14H23N5O2. The van der Waals surface area contributed by atoms with Crippen LogP contribution in [0.15, 0.2) is 9.59 Å². The topological polar surface area (TPSA) is 87.8 Å². The molecule has 116 valence electrons. The molecule has 0 saturated carbocycles. The summed E-state index contributed by atoms with van der Waals surface area (Å²) >= 11 is 0. The first kappa shape index (κ1) is 15.5. The summed E-state index contributed by atoms with van der Waals surface area (Å²) in [6, 6.07) is -0.0756. The zero-order valence-electron chi connectivity index (χ0n) is 13.3. The number of aryl methyl sites for hydroxylation is 1. The van der Waals surface area contributed by atoms with Gasteiger partial charge in [-0.1, -0.05) is 6.92 Å². The van der Waals surface area contributed by atoms with E-state index in [1.807, 2.05) is 32.3 Å². The first-order chi connectivity index (χ1) is 9.84. The summed E-state index contributed by atoms with van der Waals surface area (Å²) in [5.41, 5.74) is 5.99. The van der Waals surface area contributed by atoms with Crippen LogP contribution in [-0.4, -0.2) is 25.2 Å². The van der Waals surface area contributed by atoms with E-state index in [1.165, 1.54) is 7.05 Å². The lowest BCUT2D eigenvalue weighted by atomic mass is 10.2. The SMILES string of the molecule is CCC(C)n1c(=O)n(C)c(=O)c2c1nc(C)n2C(C)CN. The molecule has 2 unspecified atom stereocenters. The lowest BCUT2D eigenvalue weighted by molar-refractivity contribution is 0.498. The van der Waals surface area contributed by atoms with Gasteiger partial charge >= 0.3 is 5.69 Å². The van der Waals surface area contributed by atoms with Crippen molar-refractivity contribution in [2.24, 2.45) is 12.8 Å². The van der Waals surface area contributed by atoms with Crippen molar-refractivity contribution in [1.29, 1.82) is 0 Å². The second-order valence-electron chi connectivity index (χ2n) is 5.56. The average molecular weight is 293 g/mol. The minimum atomic E-state index is -0.327. The highest BCUT2D eigenvalue weighted by Crippen LogP contribution is 2.19. The molecule has 0 aliphatic heterocycles. The van der Waals surface area contributed by atoms with Gasteiger partial charge in [0.1, 0.15) is 5.82 Å². The van der Waals surface area contributed by atoms with Crippen LogP contribution in [0, 0.1) is 6.92 Å². The normalized spacial score (nSPS) is 14.6. The summed E-state index contributed by atoms with van der Waals surface area (Å²) in [5.74, 6) is 0.697. The highest BCUT2D eigenvalue weighted by Gasteiger charge is 2.22. The number of nitrogens with zero attached hydrogens (tertiary/aromatic N) is 4. The minimum absolute atomic E-state index is 0.0252. The molecule has 0 aromatic carbocycles. The third-order valence-corrected chi connectivity index (χ3v) is 4.11. The summed E-state index contributed by atoms with van der Waals surface area (Å²) in [7, 11) is 1.50. The van der Waals surface area contributed by atoms with Crippen molar-refractivity contribution in [3.63, 3.8) is 0 Å². The van der Waals surface area contributed by atoms with Crippen LogP contribution in [0.3, 0.4) is 0 Å². The molecule has 7 nitrogen and oxygen atoms in total. The maximum Gasteiger partial charge on any atom is 0.332 e. The minimum Gasteiger partial charge on any atom is -0.328 e. The summed E-state index contributed by atoms with van der Waals surface area (Å²) in [4.78, 5) is 29.4. The molecule has 7 heteroatoms. The first-order valence-electron chi connectivity index (χ1n) is 7.25. The Labute approximate surface area is 123 Å². The van der Waals surface area contributed by atoms with E-state index in [-0.39, 0.29) is 23.3 Å². The van der Waals surface area contributed by atoms with Crippen LogP contribution in [-0.2, 0) is 7.05 Å². The van der Waals surface area contributed by atoms with Gasteiger partial charge in [0.15, 0.2) is 11.2 Å². The van der Waals surface area contributed by atoms with E-state index in [9.17, 15) is 9.59 Å². The standard InChI is InChI=1S/C14H23N5O2/c1-6-8(2)19-12-11(13(20)17(5)14(19)21)18(9(3)7-15)10(4)16-12/h8-9H,6-7,15H2,1-5H3. The van der Waals surface area contributed by atoms with E-state index >= 15 is 0 Å². The Hall–Kier alpha value is -1.89. The second-order valence-corrected chi connectivity index (χ2v) is 5.56. The van der Waals surface area contributed by atoms with Crippen LogP contribution < -0.4 is 17.0 Å². The Kier molecular flexibility index (Phi) is 4.04. The molecule has 0 aliphatic rings. The fourth-order valence-electron chi connectivity index (χ4n) is 2.62. The zero-order valence-corrected chi connectivity index (χ0v) is 13.3. The molecule has 2 heterocycles. The first-order valence-corrected chi connectivity index (χ1v) is 7.25. The Morgan fingerprint density at radius 1 is 1.19 bits per heavy atom. The number of aromatic nitrogens is 4. The summed E-state index contributed by atoms with van der Waals surface area (Å²) in [6.45, 7) is 8.12. The van der Waals surface area contributed by atoms with Gasteiger partial charge in [-0.15, -0.1) is 0 Å². The Bertz CT molecular complexity index is 783. The van der Waals surface area contributed by atoms with Crippen LogP contribution >= 0.6 is 0 Å². The van der Waals surface area contributed by atoms with Gasteiger partial charge in [0, 0.05) is 25.7 Å². The van der Waals surface area contributed by atoms with Crippen molar-refractivity contribution in [3.8, 4) is 0 Å². The lowest BCUT2D eigenvalue weighted by Crippen LogP contribution is -2.40. The van der Waals surface area contributed by atoms with E-state index in [4.69, 9.17) is 5.73 Å². The fraction of sp³-hybridized carbons (Fsp3) is 0.643. The third kappa shape index (κ3) is 2.21. The van der Waals surface area contributed by atoms with Crippen LogP contribution in [0.4, 0.5) is 0 Å². The maximum atomic E-state index is 12.5. The van der Waals surface area contributed by atoms with E-state index < -0.39 is 0 Å². The predicted molar refractivity (Wildman–Crippen MR) is 82.7 cm³/mol. The number of nitrogens with two attached hydrogens (primary N) is 1. The molecule has 0 spiro atoms. The summed E-state index contributed by atoms with van der Waals surface area (Å²) in [5, 5.41) is 0. The molecule has 0 aliphatic carbocycles. The van der Waals surface area contributed by atoms with Crippen LogP contribution in [0.1, 0.15) is 45.1 Å². The molecule has 0 saturated heterocycles. The molecule has 2 rings (SSSR count). The number of imidazole rings is 1. The van der Waals surface area contributed by atoms with E-state index in [2.05, 4.69) is 4.98 Å². The van der Waals surface area contributed by atoms with Gasteiger partial charge in [-0.25, -0.2) is 9.78 Å². The number of hydrogen-bond acceptors (Lipinski definition) is 4. The molecule has 0 fully saturated rings. The fourth-order valence-corrected chi connectivity index (χ4v) is 2.62. The van der Waals surface area contributed by atoms with Crippen LogP contribution in [0.25, 0.3) is 11.2 Å². The molecular weight excluding hydrogens is 270 g/mol. The highest BCUT2D eigenvalue weighted by molar-refractivity contribution is 5.71. The molecule has 2 aromatic heterocycles. The van der Waals surface area contributed by atoms with Crippen molar-refractivity contribution < 1.29 is 0 Å². The van der Waals surface area contributed by atoms with E-state index in [0.29, 0.717) is 23.5 Å². The lowest BCUT2D eigenvalue weighted by Gasteiger charge is -2.17. The maximum absolute atomic E-state index is 12.5. The van der Waals surface area contributed by atoms with Crippen molar-refractivity contribution in [1.82, 2.24) is 18.7 Å². The highest BCUT2D eigenvalue weighted by atomic mass is 16.2. The molecule has 2 N–H and O–H groups in total. The van der Waals surface area contributed by atoms with Gasteiger partial charge in [0.2, 0.25) is 0 Å². The van der Waals surface area contributed by atoms with Gasteiger partial charge < -0.3 is 10.3 Å². The molecule has 2 atom stereocenters. The quantitative estimate of drug-likeness (QED) is 0.898. The predicted octanol–water partition coefficient (Wildman–Crippen LogP) is 0.696. The van der Waals surface area contributed by atoms with Crippen LogP contribution in [0.5, 0.6) is 0 Å².